The van der Waals surface area contributed by atoms with Gasteiger partial charge in [0.25, 0.3) is 5.91 Å². The van der Waals surface area contributed by atoms with Crippen molar-refractivity contribution in [1.29, 1.82) is 0 Å². The Labute approximate surface area is 121 Å². The molecule has 2 rings (SSSR count). The molecule has 1 N–H and O–H groups in total. The van der Waals surface area contributed by atoms with Crippen LogP contribution in [0.15, 0.2) is 24.5 Å². The number of rotatable bonds is 6. The van der Waals surface area contributed by atoms with E-state index in [1.807, 2.05) is 19.2 Å². The molecule has 0 unspecified atom stereocenters. The molecule has 2 aromatic heterocycles. The molecule has 0 atom stereocenters. The Morgan fingerprint density at radius 2 is 1.95 bits per heavy atom. The first-order chi connectivity index (χ1) is 9.99. The molecule has 0 aliphatic carbocycles. The van der Waals surface area contributed by atoms with Gasteiger partial charge in [-0.25, -0.2) is 0 Å². The Bertz CT molecular complexity index is 646. The lowest BCUT2D eigenvalue weighted by Gasteiger charge is -2.14. The van der Waals surface area contributed by atoms with Gasteiger partial charge < -0.3 is 10.0 Å². The van der Waals surface area contributed by atoms with E-state index in [2.05, 4.69) is 10.2 Å². The lowest BCUT2D eigenvalue weighted by atomic mass is 10.3. The van der Waals surface area contributed by atoms with Gasteiger partial charge in [-0.05, 0) is 19.1 Å². The zero-order valence-electron chi connectivity index (χ0n) is 11.9. The van der Waals surface area contributed by atoms with Crippen LogP contribution in [0.2, 0.25) is 0 Å². The maximum atomic E-state index is 12.2. The molecule has 0 saturated carbocycles. The van der Waals surface area contributed by atoms with Crippen LogP contribution in [0.4, 0.5) is 0 Å². The molecule has 0 aromatic carbocycles. The minimum absolute atomic E-state index is 0.216. The average Bonchev–Trinajstić information content (AvgIpc) is 3.06. The van der Waals surface area contributed by atoms with Gasteiger partial charge in [-0.1, -0.05) is 0 Å². The fourth-order valence-corrected chi connectivity index (χ4v) is 1.88. The average molecular weight is 291 g/mol. The van der Waals surface area contributed by atoms with E-state index >= 15 is 0 Å². The fraction of sp³-hybridized carbons (Fsp3) is 0.385. The summed E-state index contributed by atoms with van der Waals surface area (Å²) in [6.45, 7) is 2.87. The van der Waals surface area contributed by atoms with Gasteiger partial charge in [0.15, 0.2) is 0 Å². The van der Waals surface area contributed by atoms with Gasteiger partial charge in [0.1, 0.15) is 12.2 Å². The Morgan fingerprint density at radius 1 is 1.24 bits per heavy atom. The van der Waals surface area contributed by atoms with Crippen molar-refractivity contribution in [2.45, 2.75) is 26.6 Å². The van der Waals surface area contributed by atoms with Crippen LogP contribution in [0.25, 0.3) is 0 Å². The van der Waals surface area contributed by atoms with Crippen LogP contribution in [0.3, 0.4) is 0 Å². The summed E-state index contributed by atoms with van der Waals surface area (Å²) in [6, 6.07) is 3.36. The molecule has 0 saturated heterocycles. The quantitative estimate of drug-likeness (QED) is 0.834. The van der Waals surface area contributed by atoms with Crippen LogP contribution in [0.5, 0.6) is 0 Å². The molecule has 0 fully saturated rings. The smallest absolute Gasteiger partial charge is 0.325 e. The topological polar surface area (TPSA) is 93.2 Å². The van der Waals surface area contributed by atoms with E-state index in [9.17, 15) is 9.59 Å². The van der Waals surface area contributed by atoms with Crippen molar-refractivity contribution in [1.82, 2.24) is 24.5 Å². The standard InChI is InChI=1S/C13H17N5O3/c1-3-17-6-4-10(14-17)8-16(2)13(21)11-5-7-18(15-11)9-12(19)20/h4-7H,3,8-9H2,1-2H3,(H,19,20). The van der Waals surface area contributed by atoms with Crippen molar-refractivity contribution >= 4 is 11.9 Å². The summed E-state index contributed by atoms with van der Waals surface area (Å²) in [5.41, 5.74) is 1.01. The van der Waals surface area contributed by atoms with Crippen molar-refractivity contribution in [2.24, 2.45) is 0 Å². The number of carbonyl (C=O) groups is 2. The highest BCUT2D eigenvalue weighted by Crippen LogP contribution is 2.06. The minimum atomic E-state index is -1.00. The number of hydrogen-bond acceptors (Lipinski definition) is 4. The Kier molecular flexibility index (Phi) is 4.36. The van der Waals surface area contributed by atoms with E-state index in [1.54, 1.807) is 11.7 Å². The van der Waals surface area contributed by atoms with Crippen LogP contribution in [0.1, 0.15) is 23.1 Å². The molecular formula is C13H17N5O3. The number of hydrogen-bond donors (Lipinski definition) is 1. The summed E-state index contributed by atoms with van der Waals surface area (Å²) in [5, 5.41) is 16.9. The van der Waals surface area contributed by atoms with Gasteiger partial charge in [-0.3, -0.25) is 19.0 Å². The second kappa shape index (κ2) is 6.21. The van der Waals surface area contributed by atoms with Crippen molar-refractivity contribution in [3.05, 3.63) is 35.9 Å². The van der Waals surface area contributed by atoms with E-state index < -0.39 is 5.97 Å². The van der Waals surface area contributed by atoms with Crippen molar-refractivity contribution in [3.63, 3.8) is 0 Å². The highest BCUT2D eigenvalue weighted by atomic mass is 16.4. The third-order valence-corrected chi connectivity index (χ3v) is 2.92. The van der Waals surface area contributed by atoms with Crippen LogP contribution >= 0.6 is 0 Å². The van der Waals surface area contributed by atoms with Gasteiger partial charge in [0, 0.05) is 26.0 Å². The molecule has 2 aromatic rings. The zero-order valence-corrected chi connectivity index (χ0v) is 11.9. The zero-order chi connectivity index (χ0) is 15.4. The molecule has 0 aliphatic rings. The summed E-state index contributed by atoms with van der Waals surface area (Å²) < 4.78 is 3.00. The molecular weight excluding hydrogens is 274 g/mol. The lowest BCUT2D eigenvalue weighted by molar-refractivity contribution is -0.137. The van der Waals surface area contributed by atoms with Crippen molar-refractivity contribution < 1.29 is 14.7 Å². The largest absolute Gasteiger partial charge is 0.480 e. The minimum Gasteiger partial charge on any atom is -0.480 e. The van der Waals surface area contributed by atoms with Crippen molar-refractivity contribution in [2.75, 3.05) is 7.05 Å². The molecule has 2 heterocycles. The Hall–Kier alpha value is -2.64. The number of carbonyl (C=O) groups excluding carboxylic acids is 1. The maximum Gasteiger partial charge on any atom is 0.325 e. The van der Waals surface area contributed by atoms with Crippen molar-refractivity contribution in [3.8, 4) is 0 Å². The normalized spacial score (nSPS) is 10.6. The third kappa shape index (κ3) is 3.68. The van der Waals surface area contributed by atoms with Gasteiger partial charge >= 0.3 is 5.97 Å². The molecule has 21 heavy (non-hydrogen) atoms. The first-order valence-electron chi connectivity index (χ1n) is 6.52. The summed E-state index contributed by atoms with van der Waals surface area (Å²) in [4.78, 5) is 24.3. The molecule has 0 radical (unpaired) electrons. The first-order valence-corrected chi connectivity index (χ1v) is 6.52. The van der Waals surface area contributed by atoms with E-state index in [0.717, 1.165) is 12.2 Å². The van der Waals surface area contributed by atoms with E-state index in [0.29, 0.717) is 6.54 Å². The number of carboxylic acid groups (broad SMARTS) is 1. The molecule has 0 spiro atoms. The van der Waals surface area contributed by atoms with Crippen LogP contribution in [-0.2, 0) is 24.4 Å². The SMILES string of the molecule is CCn1ccc(CN(C)C(=O)c2ccn(CC(=O)O)n2)n1. The molecule has 0 bridgehead atoms. The van der Waals surface area contributed by atoms with E-state index in [1.165, 1.54) is 21.8 Å². The molecule has 8 heteroatoms. The number of aliphatic carboxylic acids is 1. The fourth-order valence-electron chi connectivity index (χ4n) is 1.88. The molecule has 0 aliphatic heterocycles. The highest BCUT2D eigenvalue weighted by molar-refractivity contribution is 5.92. The molecule has 1 amide bonds. The number of nitrogens with zero attached hydrogens (tertiary/aromatic N) is 5. The number of aromatic nitrogens is 4. The summed E-state index contributed by atoms with van der Waals surface area (Å²) in [6.07, 6.45) is 3.33. The van der Waals surface area contributed by atoms with Crippen LogP contribution in [0, 0.1) is 0 Å². The van der Waals surface area contributed by atoms with Gasteiger partial charge in [0.2, 0.25) is 0 Å². The Balaban J connectivity index is 2.01. The van der Waals surface area contributed by atoms with E-state index in [-0.39, 0.29) is 18.1 Å². The van der Waals surface area contributed by atoms with Crippen LogP contribution in [-0.4, -0.2) is 48.5 Å². The first kappa shape index (κ1) is 14.8. The molecule has 8 nitrogen and oxygen atoms in total. The van der Waals surface area contributed by atoms with Gasteiger partial charge in [-0.2, -0.15) is 10.2 Å². The van der Waals surface area contributed by atoms with Gasteiger partial charge in [-0.15, -0.1) is 0 Å². The monoisotopic (exact) mass is 291 g/mol. The summed E-state index contributed by atoms with van der Waals surface area (Å²) in [5.74, 6) is -1.28. The summed E-state index contributed by atoms with van der Waals surface area (Å²) in [7, 11) is 1.66. The molecule has 112 valence electrons. The van der Waals surface area contributed by atoms with Crippen LogP contribution < -0.4 is 0 Å². The number of amides is 1. The predicted octanol–water partition coefficient (Wildman–Crippen LogP) is 0.456. The lowest BCUT2D eigenvalue weighted by Crippen LogP contribution is -2.27. The number of aryl methyl sites for hydroxylation is 1. The van der Waals surface area contributed by atoms with E-state index in [4.69, 9.17) is 5.11 Å². The third-order valence-electron chi connectivity index (χ3n) is 2.92. The number of carboxylic acids is 1. The second-order valence-electron chi connectivity index (χ2n) is 4.62. The maximum absolute atomic E-state index is 12.2. The second-order valence-corrected chi connectivity index (χ2v) is 4.62. The summed E-state index contributed by atoms with van der Waals surface area (Å²) >= 11 is 0. The highest BCUT2D eigenvalue weighted by Gasteiger charge is 2.16. The Morgan fingerprint density at radius 3 is 2.57 bits per heavy atom. The predicted molar refractivity (Wildman–Crippen MR) is 73.6 cm³/mol. The van der Waals surface area contributed by atoms with Gasteiger partial charge in [0.05, 0.1) is 12.2 Å².